The van der Waals surface area contributed by atoms with Crippen LogP contribution < -0.4 is 83.1 Å². The Balaban J connectivity index is 3.18. The number of ketones is 1. The molecule has 0 aromatic carbocycles. The first-order chi connectivity index (χ1) is 35.1. The first kappa shape index (κ1) is 65.5. The molecule has 29 nitrogen and oxygen atoms in total. The van der Waals surface area contributed by atoms with Gasteiger partial charge in [0, 0.05) is 38.2 Å². The van der Waals surface area contributed by atoms with Gasteiger partial charge in [0.25, 0.3) is 0 Å². The number of carbonyl (C=O) groups excluding carboxylic acids is 9. The third-order valence-corrected chi connectivity index (χ3v) is 11.8. The van der Waals surface area contributed by atoms with Gasteiger partial charge in [0.05, 0.1) is 24.7 Å². The summed E-state index contributed by atoms with van der Waals surface area (Å²) in [5.74, 6) is -7.35. The average molecular weight is 1050 g/mol. The molecule has 29 heteroatoms. The Morgan fingerprint density at radius 2 is 1.34 bits per heavy atom. The summed E-state index contributed by atoms with van der Waals surface area (Å²) in [6, 6.07) is -9.41. The number of carboxylic acids is 1. The summed E-state index contributed by atoms with van der Waals surface area (Å²) in [7, 11) is 0. The minimum absolute atomic E-state index is 0.0249. The number of aliphatic hydroxyl groups is 1. The highest BCUT2D eigenvalue weighted by Gasteiger charge is 2.39. The zero-order valence-electron chi connectivity index (χ0n) is 42.4. The molecule has 1 saturated heterocycles. The highest BCUT2D eigenvalue weighted by Crippen LogP contribution is 2.21. The molecular formula is C45H83N17O12. The van der Waals surface area contributed by atoms with Crippen LogP contribution in [0.2, 0.25) is 0 Å². The highest BCUT2D eigenvalue weighted by atomic mass is 16.4. The average Bonchev–Trinajstić information content (AvgIpc) is 3.86. The van der Waals surface area contributed by atoms with Crippen molar-refractivity contribution >= 4 is 65.1 Å². The van der Waals surface area contributed by atoms with E-state index in [2.05, 4.69) is 42.2 Å². The Morgan fingerprint density at radius 3 is 1.95 bits per heavy atom. The van der Waals surface area contributed by atoms with E-state index in [0.29, 0.717) is 45.2 Å². The Hall–Kier alpha value is -6.53. The van der Waals surface area contributed by atoms with E-state index < -0.39 is 121 Å². The number of carboxylic acid groups (broad SMARTS) is 1. The molecule has 1 aliphatic rings. The quantitative estimate of drug-likeness (QED) is 0.0118. The van der Waals surface area contributed by atoms with Crippen LogP contribution in [0.15, 0.2) is 16.6 Å². The summed E-state index contributed by atoms with van der Waals surface area (Å²) in [4.78, 5) is 136. The smallest absolute Gasteiger partial charge is 0.331 e. The van der Waals surface area contributed by atoms with Gasteiger partial charge in [-0.15, -0.1) is 0 Å². The fraction of sp³-hybridized carbons (Fsp3) is 0.711. The number of aliphatic hydroxyl groups excluding tert-OH is 1. The molecule has 8 atom stereocenters. The molecule has 0 bridgehead atoms. The number of likely N-dealkylation sites (tertiary alicyclic amines) is 1. The van der Waals surface area contributed by atoms with Crippen LogP contribution in [-0.4, -0.2) is 181 Å². The number of nitrogens with two attached hydrogens (primary N) is 8. The monoisotopic (exact) mass is 1050 g/mol. The number of amides is 9. The lowest BCUT2D eigenvalue weighted by Gasteiger charge is -2.30. The van der Waals surface area contributed by atoms with Gasteiger partial charge in [-0.2, -0.15) is 0 Å². The number of primary amides is 1. The zero-order valence-corrected chi connectivity index (χ0v) is 42.4. The molecule has 1 rings (SSSR count). The molecule has 0 saturated carbocycles. The normalized spacial score (nSPS) is 16.2. The number of hydrogen-bond acceptors (Lipinski definition) is 17. The number of aliphatic imine (C=N–C) groups is 1. The van der Waals surface area contributed by atoms with E-state index in [0.717, 1.165) is 0 Å². The fourth-order valence-corrected chi connectivity index (χ4v) is 7.68. The second-order valence-corrected chi connectivity index (χ2v) is 17.8. The predicted octanol–water partition coefficient (Wildman–Crippen LogP) is -6.35. The third kappa shape index (κ3) is 25.4. The van der Waals surface area contributed by atoms with Crippen LogP contribution in [0.3, 0.4) is 0 Å². The highest BCUT2D eigenvalue weighted by molar-refractivity contribution is 5.98. The Morgan fingerprint density at radius 1 is 0.703 bits per heavy atom. The lowest BCUT2D eigenvalue weighted by atomic mass is 9.98. The van der Waals surface area contributed by atoms with Crippen molar-refractivity contribution in [2.75, 3.05) is 52.4 Å². The molecular weight excluding hydrogens is 971 g/mol. The van der Waals surface area contributed by atoms with Gasteiger partial charge < -0.3 is 98.2 Å². The summed E-state index contributed by atoms with van der Waals surface area (Å²) in [5.41, 5.74) is 44.2. The molecule has 420 valence electrons. The number of hydrogen-bond donors (Lipinski definition) is 17. The first-order valence-electron chi connectivity index (χ1n) is 25.0. The van der Waals surface area contributed by atoms with Crippen LogP contribution in [0.1, 0.15) is 103 Å². The zero-order chi connectivity index (χ0) is 55.8. The van der Waals surface area contributed by atoms with Crippen LogP contribution >= 0.6 is 0 Å². The minimum Gasteiger partial charge on any atom is -0.478 e. The predicted molar refractivity (Wildman–Crippen MR) is 272 cm³/mol. The second kappa shape index (κ2) is 36.4. The van der Waals surface area contributed by atoms with Gasteiger partial charge in [0.2, 0.25) is 41.4 Å². The van der Waals surface area contributed by atoms with Crippen molar-refractivity contribution in [3.63, 3.8) is 0 Å². The van der Waals surface area contributed by atoms with E-state index in [9.17, 15) is 58.2 Å². The molecule has 1 heterocycles. The van der Waals surface area contributed by atoms with Crippen molar-refractivity contribution in [2.45, 2.75) is 152 Å². The number of Topliss-reactive ketones (excluding diaryl/α,β-unsaturated/α-hetero) is 1. The van der Waals surface area contributed by atoms with Crippen molar-refractivity contribution in [3.05, 3.63) is 11.6 Å². The lowest BCUT2D eigenvalue weighted by Crippen LogP contribution is -2.60. The first-order valence-corrected chi connectivity index (χ1v) is 25.0. The van der Waals surface area contributed by atoms with Gasteiger partial charge in [0.1, 0.15) is 30.2 Å². The van der Waals surface area contributed by atoms with Crippen LogP contribution in [-0.2, 0) is 43.2 Å². The number of aliphatic carboxylic acids is 1. The van der Waals surface area contributed by atoms with Crippen molar-refractivity contribution < 1.29 is 58.2 Å². The SMILES string of the molecule is C[C@H](NC(=O)[C@@H](NC(=O)[C@@H](N)CCCCN)[C@@H](O)CN)C(=O)NCC(=O)N[C@H](CCCN)C(=O)N1CCC[C@H]1C(=O)N[C@@H](CCCNC(N)=O)C(=O)N[C@@H](CCCCN)C(=O)CC/C(=C\CCN=C(N)N)C(=O)O. The third-order valence-electron chi connectivity index (χ3n) is 11.8. The van der Waals surface area contributed by atoms with Crippen molar-refractivity contribution in [1.82, 2.24) is 42.1 Å². The van der Waals surface area contributed by atoms with E-state index >= 15 is 0 Å². The molecule has 9 amide bonds. The molecule has 0 radical (unpaired) electrons. The van der Waals surface area contributed by atoms with Gasteiger partial charge in [0.15, 0.2) is 11.7 Å². The molecule has 0 spiro atoms. The maximum absolute atomic E-state index is 14.1. The molecule has 0 aliphatic carbocycles. The Bertz CT molecular complexity index is 1920. The van der Waals surface area contributed by atoms with Crippen LogP contribution in [0, 0.1) is 0 Å². The van der Waals surface area contributed by atoms with Crippen LogP contribution in [0.5, 0.6) is 0 Å². The maximum Gasteiger partial charge on any atom is 0.331 e. The Labute approximate surface area is 431 Å². The number of carbonyl (C=O) groups is 10. The summed E-state index contributed by atoms with van der Waals surface area (Å²) in [6.45, 7) is 1.28. The van der Waals surface area contributed by atoms with E-state index in [1.54, 1.807) is 0 Å². The topological polar surface area (TPSA) is 519 Å². The van der Waals surface area contributed by atoms with Gasteiger partial charge in [-0.05, 0) is 110 Å². The number of guanidine groups is 1. The lowest BCUT2D eigenvalue weighted by molar-refractivity contribution is -0.142. The summed E-state index contributed by atoms with van der Waals surface area (Å²) in [6.07, 6.45) is 3.09. The standard InChI is InChI=1S/C45H83N17O12/c1-26(57-41(70)36(34(64)24-49)61-38(67)28(50)11-2-4-18-46)37(66)56-25-35(65)58-31(13-6-20-48)42(71)62-23-9-15-32(62)40(69)60-30(14-8-22-55-45(53)74)39(68)59-29(12-3-5-19-47)33(63)17-16-27(43(72)73)10-7-21-54-44(51)52/h10,26,28-32,34,36,64H,2-9,11-25,46-50H2,1H3,(H,56,66)(H,57,70)(H,58,65)(H,59,68)(H,60,69)(H,61,67)(H,72,73)(H4,51,52,54)(H3,53,55,74)/b27-10+/t26-,28-,29-,30-,31+,32-,34-,36-/m0/s1. The largest absolute Gasteiger partial charge is 0.478 e. The van der Waals surface area contributed by atoms with Gasteiger partial charge in [-0.3, -0.25) is 43.3 Å². The molecule has 25 N–H and O–H groups in total. The maximum atomic E-state index is 14.1. The second-order valence-electron chi connectivity index (χ2n) is 17.8. The van der Waals surface area contributed by atoms with E-state index in [1.807, 2.05) is 0 Å². The molecule has 1 aliphatic heterocycles. The summed E-state index contributed by atoms with van der Waals surface area (Å²) < 4.78 is 0. The number of nitrogens with one attached hydrogen (secondary N) is 7. The number of unbranched alkanes of at least 4 members (excludes halogenated alkanes) is 2. The summed E-state index contributed by atoms with van der Waals surface area (Å²) >= 11 is 0. The number of urea groups is 1. The molecule has 0 aromatic heterocycles. The summed E-state index contributed by atoms with van der Waals surface area (Å²) in [5, 5.41) is 37.6. The molecule has 0 aromatic rings. The molecule has 74 heavy (non-hydrogen) atoms. The van der Waals surface area contributed by atoms with Crippen molar-refractivity contribution in [3.8, 4) is 0 Å². The van der Waals surface area contributed by atoms with Gasteiger partial charge in [-0.25, -0.2) is 9.59 Å². The Kier molecular flexibility index (Phi) is 32.2. The van der Waals surface area contributed by atoms with E-state index in [-0.39, 0.29) is 102 Å². The minimum atomic E-state index is -1.57. The van der Waals surface area contributed by atoms with Crippen molar-refractivity contribution in [1.29, 1.82) is 0 Å². The van der Waals surface area contributed by atoms with E-state index in [1.165, 1.54) is 17.9 Å². The number of nitrogens with zero attached hydrogens (tertiary/aromatic N) is 2. The van der Waals surface area contributed by atoms with E-state index in [4.69, 9.17) is 45.9 Å². The fourth-order valence-electron chi connectivity index (χ4n) is 7.68. The van der Waals surface area contributed by atoms with Crippen LogP contribution in [0.4, 0.5) is 4.79 Å². The molecule has 1 fully saturated rings. The van der Waals surface area contributed by atoms with Gasteiger partial charge >= 0.3 is 12.0 Å². The molecule has 0 unspecified atom stereocenters. The van der Waals surface area contributed by atoms with Gasteiger partial charge in [-0.1, -0.05) is 12.5 Å². The van der Waals surface area contributed by atoms with Crippen LogP contribution in [0.25, 0.3) is 0 Å². The number of rotatable bonds is 38. The van der Waals surface area contributed by atoms with Crippen molar-refractivity contribution in [2.24, 2.45) is 50.9 Å².